The maximum absolute atomic E-state index is 12.0. The summed E-state index contributed by atoms with van der Waals surface area (Å²) in [5.74, 6) is 1.27. The Morgan fingerprint density at radius 1 is 1.29 bits per heavy atom. The number of aromatic nitrogens is 3. The third-order valence-electron chi connectivity index (χ3n) is 3.50. The van der Waals surface area contributed by atoms with Gasteiger partial charge in [-0.1, -0.05) is 11.6 Å². The summed E-state index contributed by atoms with van der Waals surface area (Å²) in [7, 11) is 0. The average molecular weight is 345 g/mol. The molecule has 2 heterocycles. The monoisotopic (exact) mass is 344 g/mol. The fourth-order valence-corrected chi connectivity index (χ4v) is 2.38. The van der Waals surface area contributed by atoms with Crippen molar-refractivity contribution in [3.8, 4) is 5.75 Å². The van der Waals surface area contributed by atoms with Crippen LogP contribution in [0.4, 0.5) is 5.82 Å². The van der Waals surface area contributed by atoms with Crippen molar-refractivity contribution < 1.29 is 9.53 Å². The van der Waals surface area contributed by atoms with Crippen molar-refractivity contribution in [2.45, 2.75) is 19.8 Å². The molecule has 0 saturated carbocycles. The van der Waals surface area contributed by atoms with Crippen LogP contribution in [0, 0.1) is 6.92 Å². The normalized spacial score (nSPS) is 10.8. The number of carbonyl (C=O) groups is 1. The van der Waals surface area contributed by atoms with Gasteiger partial charge in [0.25, 0.3) is 0 Å². The van der Waals surface area contributed by atoms with E-state index in [0.29, 0.717) is 35.9 Å². The first-order chi connectivity index (χ1) is 11.6. The highest BCUT2D eigenvalue weighted by atomic mass is 35.5. The number of rotatable bonds is 6. The molecule has 0 saturated heterocycles. The summed E-state index contributed by atoms with van der Waals surface area (Å²) in [5.41, 5.74) is 1.65. The first kappa shape index (κ1) is 16.3. The van der Waals surface area contributed by atoms with Crippen LogP contribution in [0.2, 0.25) is 5.02 Å². The van der Waals surface area contributed by atoms with Crippen molar-refractivity contribution in [3.63, 3.8) is 0 Å². The molecule has 0 aliphatic rings. The summed E-state index contributed by atoms with van der Waals surface area (Å²) in [6.07, 6.45) is 4.25. The molecule has 6 nitrogen and oxygen atoms in total. The number of nitrogens with one attached hydrogen (secondary N) is 1. The van der Waals surface area contributed by atoms with Gasteiger partial charge in [-0.15, -0.1) is 0 Å². The number of hydrogen-bond donors (Lipinski definition) is 1. The molecule has 3 rings (SSSR count). The van der Waals surface area contributed by atoms with E-state index in [1.807, 2.05) is 19.1 Å². The van der Waals surface area contributed by atoms with E-state index in [2.05, 4.69) is 15.4 Å². The maximum Gasteiger partial charge on any atom is 0.225 e. The number of aryl methyl sites for hydroxylation is 1. The maximum atomic E-state index is 12.0. The third-order valence-corrected chi connectivity index (χ3v) is 3.93. The molecular formula is C17H17ClN4O2. The fraction of sp³-hybridized carbons (Fsp3) is 0.235. The molecule has 7 heteroatoms. The van der Waals surface area contributed by atoms with E-state index >= 15 is 0 Å². The summed E-state index contributed by atoms with van der Waals surface area (Å²) in [4.78, 5) is 16.2. The number of anilines is 1. The number of benzene rings is 1. The number of nitrogens with zero attached hydrogens (tertiary/aromatic N) is 3. The largest absolute Gasteiger partial charge is 0.494 e. The molecule has 2 aromatic heterocycles. The Balaban J connectivity index is 1.47. The lowest BCUT2D eigenvalue weighted by atomic mass is 10.2. The van der Waals surface area contributed by atoms with Crippen LogP contribution in [-0.4, -0.2) is 27.1 Å². The molecule has 0 atom stereocenters. The lowest BCUT2D eigenvalue weighted by Gasteiger charge is -2.09. The molecule has 24 heavy (non-hydrogen) atoms. The van der Waals surface area contributed by atoms with Gasteiger partial charge in [0.05, 0.1) is 12.8 Å². The number of amides is 1. The van der Waals surface area contributed by atoms with Crippen LogP contribution in [0.5, 0.6) is 5.75 Å². The minimum atomic E-state index is -0.0890. The van der Waals surface area contributed by atoms with E-state index < -0.39 is 0 Å². The van der Waals surface area contributed by atoms with Crippen molar-refractivity contribution in [1.29, 1.82) is 0 Å². The van der Waals surface area contributed by atoms with Crippen LogP contribution >= 0.6 is 11.6 Å². The fourth-order valence-electron chi connectivity index (χ4n) is 2.26. The molecule has 0 spiro atoms. The van der Waals surface area contributed by atoms with Gasteiger partial charge in [-0.25, -0.2) is 4.98 Å². The third kappa shape index (κ3) is 3.83. The van der Waals surface area contributed by atoms with E-state index in [0.717, 1.165) is 11.3 Å². The van der Waals surface area contributed by atoms with Crippen molar-refractivity contribution in [1.82, 2.24) is 14.6 Å². The first-order valence-electron chi connectivity index (χ1n) is 7.61. The van der Waals surface area contributed by atoms with Crippen LogP contribution in [0.3, 0.4) is 0 Å². The summed E-state index contributed by atoms with van der Waals surface area (Å²) in [6, 6.07) is 8.99. The molecule has 0 aliphatic heterocycles. The number of carbonyl (C=O) groups excluding carboxylic acids is 1. The molecule has 1 amide bonds. The van der Waals surface area contributed by atoms with Crippen molar-refractivity contribution >= 4 is 29.0 Å². The highest BCUT2D eigenvalue weighted by Gasteiger charge is 2.07. The number of fused-ring (bicyclic) bond motifs is 1. The van der Waals surface area contributed by atoms with E-state index in [9.17, 15) is 4.79 Å². The zero-order valence-electron chi connectivity index (χ0n) is 13.2. The predicted molar refractivity (Wildman–Crippen MR) is 92.5 cm³/mol. The summed E-state index contributed by atoms with van der Waals surface area (Å²) < 4.78 is 7.22. The Hall–Kier alpha value is -2.60. The molecule has 0 aliphatic carbocycles. The van der Waals surface area contributed by atoms with E-state index in [1.165, 1.54) is 0 Å². The smallest absolute Gasteiger partial charge is 0.225 e. The minimum Gasteiger partial charge on any atom is -0.494 e. The molecular weight excluding hydrogens is 328 g/mol. The molecule has 0 bridgehead atoms. The topological polar surface area (TPSA) is 68.5 Å². The zero-order valence-corrected chi connectivity index (χ0v) is 14.0. The highest BCUT2D eigenvalue weighted by Crippen LogP contribution is 2.21. The summed E-state index contributed by atoms with van der Waals surface area (Å²) in [5, 5.41) is 7.67. The standard InChI is InChI=1S/C17H17ClN4O2/c1-12-11-13(4-5-14(12)18)24-10-2-3-17(23)21-16-6-8-19-15-7-9-20-22(15)16/h4-9,11H,2-3,10H2,1H3,(H,21,23). The van der Waals surface area contributed by atoms with Gasteiger partial charge in [-0.05, 0) is 43.2 Å². The van der Waals surface area contributed by atoms with Gasteiger partial charge in [-0.2, -0.15) is 9.61 Å². The highest BCUT2D eigenvalue weighted by molar-refractivity contribution is 6.31. The molecule has 0 radical (unpaired) electrons. The predicted octanol–water partition coefficient (Wildman–Crippen LogP) is 3.49. The van der Waals surface area contributed by atoms with Gasteiger partial charge < -0.3 is 10.1 Å². The lowest BCUT2D eigenvalue weighted by molar-refractivity contribution is -0.116. The number of hydrogen-bond acceptors (Lipinski definition) is 4. The molecule has 1 aromatic carbocycles. The molecule has 124 valence electrons. The molecule has 3 aromatic rings. The molecule has 1 N–H and O–H groups in total. The SMILES string of the molecule is Cc1cc(OCCCC(=O)Nc2ccnc3ccnn23)ccc1Cl. The number of halogens is 1. The minimum absolute atomic E-state index is 0.0890. The van der Waals surface area contributed by atoms with Crippen LogP contribution in [0.15, 0.2) is 42.7 Å². The second-order valence-corrected chi connectivity index (χ2v) is 5.75. The quantitative estimate of drug-likeness (QED) is 0.695. The van der Waals surface area contributed by atoms with E-state index in [4.69, 9.17) is 16.3 Å². The van der Waals surface area contributed by atoms with Crippen LogP contribution < -0.4 is 10.1 Å². The molecule has 0 fully saturated rings. The Kier molecular flexibility index (Phi) is 4.96. The Morgan fingerprint density at radius 2 is 2.17 bits per heavy atom. The lowest BCUT2D eigenvalue weighted by Crippen LogP contribution is -2.15. The Morgan fingerprint density at radius 3 is 3.00 bits per heavy atom. The molecule has 0 unspecified atom stereocenters. The van der Waals surface area contributed by atoms with E-state index in [-0.39, 0.29) is 5.91 Å². The first-order valence-corrected chi connectivity index (χ1v) is 7.99. The Labute approximate surface area is 144 Å². The number of ether oxygens (including phenoxy) is 1. The van der Waals surface area contributed by atoms with Gasteiger partial charge in [-0.3, -0.25) is 4.79 Å². The summed E-state index contributed by atoms with van der Waals surface area (Å²) in [6.45, 7) is 2.38. The Bertz CT molecular complexity index is 863. The van der Waals surface area contributed by atoms with Crippen molar-refractivity contribution in [3.05, 3.63) is 53.3 Å². The van der Waals surface area contributed by atoms with Gasteiger partial charge in [0.15, 0.2) is 5.65 Å². The van der Waals surface area contributed by atoms with Gasteiger partial charge >= 0.3 is 0 Å². The van der Waals surface area contributed by atoms with Crippen LogP contribution in [0.25, 0.3) is 5.65 Å². The summed E-state index contributed by atoms with van der Waals surface area (Å²) >= 11 is 5.97. The van der Waals surface area contributed by atoms with Crippen LogP contribution in [-0.2, 0) is 4.79 Å². The van der Waals surface area contributed by atoms with Gasteiger partial charge in [0, 0.05) is 23.7 Å². The van der Waals surface area contributed by atoms with E-state index in [1.54, 1.807) is 35.1 Å². The average Bonchev–Trinajstić information content (AvgIpc) is 3.04. The van der Waals surface area contributed by atoms with Crippen molar-refractivity contribution in [2.75, 3.05) is 11.9 Å². The van der Waals surface area contributed by atoms with Crippen LogP contribution in [0.1, 0.15) is 18.4 Å². The van der Waals surface area contributed by atoms with Gasteiger partial charge in [0.1, 0.15) is 11.6 Å². The second-order valence-electron chi connectivity index (χ2n) is 5.34. The van der Waals surface area contributed by atoms with Crippen molar-refractivity contribution in [2.24, 2.45) is 0 Å². The zero-order chi connectivity index (χ0) is 16.9. The van der Waals surface area contributed by atoms with Gasteiger partial charge in [0.2, 0.25) is 5.91 Å². The second kappa shape index (κ2) is 7.31.